The number of carbonyl (C=O) groups is 2. The molecule has 4 rings (SSSR count). The van der Waals surface area contributed by atoms with E-state index in [2.05, 4.69) is 4.90 Å². The molecular formula is C29H36N2O7. The molecule has 1 unspecified atom stereocenters. The summed E-state index contributed by atoms with van der Waals surface area (Å²) in [6.07, 6.45) is 0.678. The molecule has 9 nitrogen and oxygen atoms in total. The van der Waals surface area contributed by atoms with Gasteiger partial charge < -0.3 is 29.0 Å². The van der Waals surface area contributed by atoms with Crippen molar-refractivity contribution in [1.82, 2.24) is 9.80 Å². The lowest BCUT2D eigenvalue weighted by Crippen LogP contribution is -2.39. The molecule has 0 aromatic heterocycles. The van der Waals surface area contributed by atoms with E-state index in [4.69, 9.17) is 18.9 Å². The number of aliphatic hydroxyl groups is 1. The molecule has 2 aromatic carbocycles. The van der Waals surface area contributed by atoms with Crippen LogP contribution in [0.4, 0.5) is 0 Å². The van der Waals surface area contributed by atoms with Crippen molar-refractivity contribution in [3.63, 3.8) is 0 Å². The molecule has 1 atom stereocenters. The van der Waals surface area contributed by atoms with Crippen LogP contribution in [0.15, 0.2) is 48.0 Å². The molecule has 1 amide bonds. The van der Waals surface area contributed by atoms with Crippen molar-refractivity contribution >= 4 is 17.4 Å². The molecular weight excluding hydrogens is 488 g/mol. The second-order valence-corrected chi connectivity index (χ2v) is 9.10. The molecule has 204 valence electrons. The predicted octanol–water partition coefficient (Wildman–Crippen LogP) is 3.64. The van der Waals surface area contributed by atoms with Gasteiger partial charge in [-0.1, -0.05) is 18.2 Å². The van der Waals surface area contributed by atoms with Crippen LogP contribution < -0.4 is 14.2 Å². The van der Waals surface area contributed by atoms with Crippen LogP contribution in [0.25, 0.3) is 5.76 Å². The van der Waals surface area contributed by atoms with Crippen LogP contribution in [0.5, 0.6) is 17.2 Å². The normalized spacial score (nSPS) is 19.6. The zero-order valence-electron chi connectivity index (χ0n) is 22.3. The number of hydrogen-bond donors (Lipinski definition) is 1. The van der Waals surface area contributed by atoms with E-state index >= 15 is 0 Å². The summed E-state index contributed by atoms with van der Waals surface area (Å²) in [7, 11) is 1.54. The lowest BCUT2D eigenvalue weighted by atomic mass is 9.95. The molecule has 38 heavy (non-hydrogen) atoms. The van der Waals surface area contributed by atoms with Crippen LogP contribution >= 0.6 is 0 Å². The highest BCUT2D eigenvalue weighted by Gasteiger charge is 2.46. The van der Waals surface area contributed by atoms with E-state index in [1.807, 2.05) is 19.9 Å². The lowest BCUT2D eigenvalue weighted by Gasteiger charge is -2.29. The van der Waals surface area contributed by atoms with Crippen LogP contribution in [0.3, 0.4) is 0 Å². The first-order valence-electron chi connectivity index (χ1n) is 13.1. The number of methoxy groups -OCH3 is 1. The summed E-state index contributed by atoms with van der Waals surface area (Å²) >= 11 is 0. The minimum absolute atomic E-state index is 0.0428. The van der Waals surface area contributed by atoms with E-state index in [0.29, 0.717) is 67.8 Å². The zero-order chi connectivity index (χ0) is 27.1. The summed E-state index contributed by atoms with van der Waals surface area (Å²) in [5.41, 5.74) is 1.10. The first-order valence-corrected chi connectivity index (χ1v) is 13.1. The number of amides is 1. The Hall–Kier alpha value is -3.56. The fraction of sp³-hybridized carbons (Fsp3) is 0.448. The maximum absolute atomic E-state index is 13.4. The summed E-state index contributed by atoms with van der Waals surface area (Å²) in [5, 5.41) is 11.4. The molecule has 2 saturated heterocycles. The summed E-state index contributed by atoms with van der Waals surface area (Å²) in [6.45, 7) is 8.88. The molecule has 2 fully saturated rings. The van der Waals surface area contributed by atoms with Gasteiger partial charge in [0.25, 0.3) is 11.7 Å². The van der Waals surface area contributed by atoms with Crippen molar-refractivity contribution in [3.8, 4) is 17.2 Å². The predicted molar refractivity (Wildman–Crippen MR) is 143 cm³/mol. The van der Waals surface area contributed by atoms with E-state index in [1.165, 1.54) is 0 Å². The summed E-state index contributed by atoms with van der Waals surface area (Å²) in [6, 6.07) is 11.4. The van der Waals surface area contributed by atoms with Gasteiger partial charge in [0.2, 0.25) is 0 Å². The van der Waals surface area contributed by atoms with Gasteiger partial charge in [0.1, 0.15) is 11.5 Å². The Bertz CT molecular complexity index is 1170. The molecule has 0 aliphatic carbocycles. The second-order valence-electron chi connectivity index (χ2n) is 9.10. The quantitative estimate of drug-likeness (QED) is 0.270. The van der Waals surface area contributed by atoms with Crippen molar-refractivity contribution in [2.24, 2.45) is 0 Å². The third kappa shape index (κ3) is 5.95. The smallest absolute Gasteiger partial charge is 0.295 e. The highest BCUT2D eigenvalue weighted by molar-refractivity contribution is 6.46. The molecule has 0 radical (unpaired) electrons. The van der Waals surface area contributed by atoms with E-state index in [0.717, 1.165) is 19.6 Å². The number of hydrogen-bond acceptors (Lipinski definition) is 8. The lowest BCUT2D eigenvalue weighted by molar-refractivity contribution is -0.140. The second kappa shape index (κ2) is 12.8. The third-order valence-corrected chi connectivity index (χ3v) is 6.74. The van der Waals surface area contributed by atoms with E-state index < -0.39 is 17.7 Å². The number of ether oxygens (including phenoxy) is 4. The van der Waals surface area contributed by atoms with Crippen LogP contribution in [-0.2, 0) is 14.3 Å². The minimum atomic E-state index is -0.778. The Morgan fingerprint density at radius 2 is 1.76 bits per heavy atom. The Labute approximate surface area is 223 Å². The molecule has 9 heteroatoms. The average Bonchev–Trinajstić information content (AvgIpc) is 3.19. The molecule has 0 spiro atoms. The van der Waals surface area contributed by atoms with Gasteiger partial charge in [-0.2, -0.15) is 0 Å². The monoisotopic (exact) mass is 524 g/mol. The van der Waals surface area contributed by atoms with Crippen molar-refractivity contribution in [1.29, 1.82) is 0 Å². The Morgan fingerprint density at radius 1 is 1.00 bits per heavy atom. The maximum Gasteiger partial charge on any atom is 0.295 e. The number of rotatable bonds is 11. The third-order valence-electron chi connectivity index (χ3n) is 6.74. The van der Waals surface area contributed by atoms with Gasteiger partial charge in [-0.25, -0.2) is 0 Å². The van der Waals surface area contributed by atoms with Gasteiger partial charge in [-0.3, -0.25) is 14.5 Å². The summed E-state index contributed by atoms with van der Waals surface area (Å²) < 4.78 is 22.2. The number of benzene rings is 2. The van der Waals surface area contributed by atoms with Crippen LogP contribution in [0.2, 0.25) is 0 Å². The summed E-state index contributed by atoms with van der Waals surface area (Å²) in [5.74, 6) is 0.0314. The van der Waals surface area contributed by atoms with Crippen molar-refractivity contribution in [2.45, 2.75) is 26.3 Å². The number of nitrogens with zero attached hydrogens (tertiary/aromatic N) is 2. The molecule has 2 aliphatic rings. The Balaban J connectivity index is 1.73. The number of ketones is 1. The van der Waals surface area contributed by atoms with E-state index in [-0.39, 0.29) is 11.3 Å². The Kier molecular flexibility index (Phi) is 9.25. The first-order chi connectivity index (χ1) is 18.5. The zero-order valence-corrected chi connectivity index (χ0v) is 22.3. The number of Topliss-reactive ketones (excluding diaryl/α,β-unsaturated/α-hetero) is 1. The number of morpholine rings is 1. The van der Waals surface area contributed by atoms with Crippen LogP contribution in [0.1, 0.15) is 37.4 Å². The van der Waals surface area contributed by atoms with Crippen LogP contribution in [0, 0.1) is 0 Å². The Morgan fingerprint density at radius 3 is 2.47 bits per heavy atom. The van der Waals surface area contributed by atoms with Gasteiger partial charge in [0.15, 0.2) is 11.5 Å². The summed E-state index contributed by atoms with van der Waals surface area (Å²) in [4.78, 5) is 30.6. The standard InChI is InChI=1S/C29H36N2O7/c1-4-37-22-9-6-8-21(18-22)27(32)25-26(20-10-11-23(38-5-2)24(19-20)35-3)31(29(34)28(25)33)13-7-12-30-14-16-36-17-15-30/h6,8-11,18-19,26,32H,4-5,7,12-17H2,1-3H3/b27-25+. The van der Waals surface area contributed by atoms with Gasteiger partial charge >= 0.3 is 0 Å². The fourth-order valence-corrected chi connectivity index (χ4v) is 4.93. The maximum atomic E-state index is 13.4. The van der Waals surface area contributed by atoms with Gasteiger partial charge in [-0.05, 0) is 50.1 Å². The van der Waals surface area contributed by atoms with Crippen molar-refractivity contribution in [2.75, 3.05) is 59.7 Å². The van der Waals surface area contributed by atoms with Crippen molar-refractivity contribution in [3.05, 3.63) is 59.2 Å². The van der Waals surface area contributed by atoms with Crippen molar-refractivity contribution < 1.29 is 33.6 Å². The molecule has 2 aliphatic heterocycles. The molecule has 1 N–H and O–H groups in total. The SMILES string of the molecule is CCOc1cccc(/C(O)=C2\C(=O)C(=O)N(CCCN3CCOCC3)C2c2ccc(OCC)c(OC)c2)c1. The highest BCUT2D eigenvalue weighted by atomic mass is 16.5. The number of carbonyl (C=O) groups excluding carboxylic acids is 2. The van der Waals surface area contributed by atoms with Crippen LogP contribution in [-0.4, -0.2) is 86.3 Å². The average molecular weight is 525 g/mol. The van der Waals surface area contributed by atoms with E-state index in [9.17, 15) is 14.7 Å². The number of likely N-dealkylation sites (tertiary alicyclic amines) is 1. The molecule has 0 bridgehead atoms. The largest absolute Gasteiger partial charge is 0.507 e. The molecule has 0 saturated carbocycles. The van der Waals surface area contributed by atoms with E-state index in [1.54, 1.807) is 48.4 Å². The van der Waals surface area contributed by atoms with Gasteiger partial charge in [-0.15, -0.1) is 0 Å². The van der Waals surface area contributed by atoms with Gasteiger partial charge in [0.05, 0.1) is 45.2 Å². The molecule has 2 heterocycles. The molecule has 2 aromatic rings. The topological polar surface area (TPSA) is 97.8 Å². The number of aliphatic hydroxyl groups excluding tert-OH is 1. The first kappa shape index (κ1) is 27.5. The highest BCUT2D eigenvalue weighted by Crippen LogP contribution is 2.42. The minimum Gasteiger partial charge on any atom is -0.507 e. The fourth-order valence-electron chi connectivity index (χ4n) is 4.93. The van der Waals surface area contributed by atoms with Gasteiger partial charge in [0, 0.05) is 31.7 Å².